The van der Waals surface area contributed by atoms with E-state index in [1.165, 1.54) is 11.3 Å². The molecule has 8 heteroatoms. The van der Waals surface area contributed by atoms with Crippen molar-refractivity contribution in [3.05, 3.63) is 28.0 Å². The van der Waals surface area contributed by atoms with E-state index in [0.29, 0.717) is 23.8 Å². The SMILES string of the molecule is CCc1nnc(NC(=O)C(=O)c2cc(C)n(CCOC)c2C)s1. The van der Waals surface area contributed by atoms with E-state index in [4.69, 9.17) is 4.74 Å². The third kappa shape index (κ3) is 3.83. The second-order valence-electron chi connectivity index (χ2n) is 5.07. The molecular weight excluding hydrogens is 316 g/mol. The lowest BCUT2D eigenvalue weighted by molar-refractivity contribution is -0.112. The average Bonchev–Trinajstić information content (AvgIpc) is 3.09. The maximum atomic E-state index is 12.4. The maximum Gasteiger partial charge on any atom is 0.298 e. The first-order valence-corrected chi connectivity index (χ1v) is 8.13. The number of Topliss-reactive ketones (excluding diaryl/α,β-unsaturated/α-hetero) is 1. The van der Waals surface area contributed by atoms with E-state index in [2.05, 4.69) is 15.5 Å². The molecule has 0 radical (unpaired) electrons. The third-order valence-electron chi connectivity index (χ3n) is 3.53. The van der Waals surface area contributed by atoms with Crippen molar-refractivity contribution in [3.8, 4) is 0 Å². The van der Waals surface area contributed by atoms with Crippen LogP contribution in [-0.4, -0.2) is 40.2 Å². The van der Waals surface area contributed by atoms with Crippen LogP contribution in [-0.2, 0) is 22.5 Å². The highest BCUT2D eigenvalue weighted by atomic mass is 32.1. The van der Waals surface area contributed by atoms with Crippen LogP contribution < -0.4 is 5.32 Å². The summed E-state index contributed by atoms with van der Waals surface area (Å²) in [6, 6.07) is 1.73. The van der Waals surface area contributed by atoms with E-state index in [9.17, 15) is 9.59 Å². The lowest BCUT2D eigenvalue weighted by Gasteiger charge is -2.08. The summed E-state index contributed by atoms with van der Waals surface area (Å²) in [5.41, 5.74) is 2.07. The third-order valence-corrected chi connectivity index (χ3v) is 4.52. The fourth-order valence-corrected chi connectivity index (χ4v) is 2.96. The Morgan fingerprint density at radius 1 is 1.35 bits per heavy atom. The Morgan fingerprint density at radius 3 is 2.70 bits per heavy atom. The van der Waals surface area contributed by atoms with Crippen molar-refractivity contribution in [2.45, 2.75) is 33.7 Å². The number of ether oxygens (including phenoxy) is 1. The lowest BCUT2D eigenvalue weighted by Crippen LogP contribution is -2.23. The summed E-state index contributed by atoms with van der Waals surface area (Å²) in [5, 5.41) is 11.4. The van der Waals surface area contributed by atoms with Crippen LogP contribution in [0, 0.1) is 13.8 Å². The van der Waals surface area contributed by atoms with Crippen LogP contribution in [0.4, 0.5) is 5.13 Å². The van der Waals surface area contributed by atoms with Gasteiger partial charge in [0.1, 0.15) is 5.01 Å². The summed E-state index contributed by atoms with van der Waals surface area (Å²) >= 11 is 1.27. The summed E-state index contributed by atoms with van der Waals surface area (Å²) < 4.78 is 7.03. The molecule has 0 aliphatic carbocycles. The average molecular weight is 336 g/mol. The molecule has 0 saturated heterocycles. The zero-order valence-corrected chi connectivity index (χ0v) is 14.5. The van der Waals surface area contributed by atoms with Gasteiger partial charge in [-0.3, -0.25) is 14.9 Å². The predicted molar refractivity (Wildman–Crippen MR) is 88.0 cm³/mol. The number of carbonyl (C=O) groups is 2. The van der Waals surface area contributed by atoms with Crippen LogP contribution in [0.25, 0.3) is 0 Å². The molecule has 2 heterocycles. The van der Waals surface area contributed by atoms with Crippen LogP contribution in [0.5, 0.6) is 0 Å². The van der Waals surface area contributed by atoms with Gasteiger partial charge in [0, 0.05) is 30.6 Å². The summed E-state index contributed by atoms with van der Waals surface area (Å²) in [5.74, 6) is -1.27. The van der Waals surface area contributed by atoms with E-state index in [-0.39, 0.29) is 0 Å². The first-order valence-electron chi connectivity index (χ1n) is 7.31. The molecule has 1 N–H and O–H groups in total. The monoisotopic (exact) mass is 336 g/mol. The number of aryl methyl sites for hydroxylation is 2. The molecule has 0 bridgehead atoms. The molecule has 0 aliphatic rings. The predicted octanol–water partition coefficient (Wildman–Crippen LogP) is 1.99. The maximum absolute atomic E-state index is 12.4. The number of carbonyl (C=O) groups excluding carboxylic acids is 2. The smallest absolute Gasteiger partial charge is 0.298 e. The molecule has 0 saturated carbocycles. The van der Waals surface area contributed by atoms with Crippen LogP contribution >= 0.6 is 11.3 Å². The van der Waals surface area contributed by atoms with Gasteiger partial charge in [-0.1, -0.05) is 18.3 Å². The van der Waals surface area contributed by atoms with Gasteiger partial charge in [-0.05, 0) is 26.3 Å². The number of anilines is 1. The largest absolute Gasteiger partial charge is 0.383 e. The minimum absolute atomic E-state index is 0.341. The molecule has 2 aromatic rings. The molecular formula is C15H20N4O3S. The number of rotatable bonds is 7. The number of methoxy groups -OCH3 is 1. The molecule has 2 aromatic heterocycles. The Morgan fingerprint density at radius 2 is 2.09 bits per heavy atom. The molecule has 0 aromatic carbocycles. The van der Waals surface area contributed by atoms with Crippen molar-refractivity contribution < 1.29 is 14.3 Å². The number of aromatic nitrogens is 3. The first-order chi connectivity index (χ1) is 11.0. The van der Waals surface area contributed by atoms with Crippen molar-refractivity contribution in [1.29, 1.82) is 0 Å². The van der Waals surface area contributed by atoms with Crippen molar-refractivity contribution in [2.24, 2.45) is 0 Å². The van der Waals surface area contributed by atoms with E-state index < -0.39 is 11.7 Å². The van der Waals surface area contributed by atoms with Crippen molar-refractivity contribution in [1.82, 2.24) is 14.8 Å². The topological polar surface area (TPSA) is 86.1 Å². The Balaban J connectivity index is 2.14. The highest BCUT2D eigenvalue weighted by Crippen LogP contribution is 2.18. The molecule has 0 unspecified atom stereocenters. The molecule has 23 heavy (non-hydrogen) atoms. The van der Waals surface area contributed by atoms with Crippen LogP contribution in [0.1, 0.15) is 33.7 Å². The fourth-order valence-electron chi connectivity index (χ4n) is 2.28. The standard InChI is InChI=1S/C15H20N4O3S/c1-5-12-17-18-15(23-12)16-14(21)13(20)11-8-9(2)19(10(11)3)6-7-22-4/h8H,5-7H2,1-4H3,(H,16,18,21). The van der Waals surface area contributed by atoms with E-state index in [1.807, 2.05) is 25.3 Å². The molecule has 0 fully saturated rings. The molecule has 124 valence electrons. The highest BCUT2D eigenvalue weighted by Gasteiger charge is 2.23. The number of amides is 1. The van der Waals surface area contributed by atoms with Gasteiger partial charge in [0.25, 0.3) is 11.7 Å². The van der Waals surface area contributed by atoms with Crippen molar-refractivity contribution in [2.75, 3.05) is 19.0 Å². The van der Waals surface area contributed by atoms with E-state index >= 15 is 0 Å². The van der Waals surface area contributed by atoms with Gasteiger partial charge < -0.3 is 9.30 Å². The minimum Gasteiger partial charge on any atom is -0.383 e. The van der Waals surface area contributed by atoms with Crippen LogP contribution in [0.3, 0.4) is 0 Å². The minimum atomic E-state index is -0.698. The van der Waals surface area contributed by atoms with Crippen LogP contribution in [0.15, 0.2) is 6.07 Å². The van der Waals surface area contributed by atoms with Gasteiger partial charge in [-0.15, -0.1) is 10.2 Å². The number of hydrogen-bond donors (Lipinski definition) is 1. The first kappa shape index (κ1) is 17.3. The highest BCUT2D eigenvalue weighted by molar-refractivity contribution is 7.15. The number of nitrogens with one attached hydrogen (secondary N) is 1. The fraction of sp³-hybridized carbons (Fsp3) is 0.467. The van der Waals surface area contributed by atoms with Gasteiger partial charge in [-0.25, -0.2) is 0 Å². The number of hydrogen-bond acceptors (Lipinski definition) is 6. The summed E-state index contributed by atoms with van der Waals surface area (Å²) in [4.78, 5) is 24.5. The van der Waals surface area contributed by atoms with Crippen molar-refractivity contribution >= 4 is 28.2 Å². The second-order valence-corrected chi connectivity index (χ2v) is 6.13. The zero-order valence-electron chi connectivity index (χ0n) is 13.7. The van der Waals surface area contributed by atoms with Gasteiger partial charge in [0.2, 0.25) is 5.13 Å². The van der Waals surface area contributed by atoms with Gasteiger partial charge in [0.15, 0.2) is 0 Å². The normalized spacial score (nSPS) is 10.8. The van der Waals surface area contributed by atoms with Gasteiger partial charge in [-0.2, -0.15) is 0 Å². The second kappa shape index (κ2) is 7.47. The van der Waals surface area contributed by atoms with Crippen molar-refractivity contribution in [3.63, 3.8) is 0 Å². The van der Waals surface area contributed by atoms with E-state index in [1.54, 1.807) is 13.2 Å². The molecule has 0 atom stereocenters. The van der Waals surface area contributed by atoms with Gasteiger partial charge in [0.05, 0.1) is 6.61 Å². The summed E-state index contributed by atoms with van der Waals surface area (Å²) in [6.07, 6.45) is 0.738. The molecule has 7 nitrogen and oxygen atoms in total. The number of ketones is 1. The Hall–Kier alpha value is -2.06. The Labute approximate surface area is 138 Å². The Bertz CT molecular complexity index is 720. The molecule has 0 spiro atoms. The summed E-state index contributed by atoms with van der Waals surface area (Å²) in [6.45, 7) is 6.85. The molecule has 2 rings (SSSR count). The van der Waals surface area contributed by atoms with E-state index in [0.717, 1.165) is 22.8 Å². The van der Waals surface area contributed by atoms with Crippen LogP contribution in [0.2, 0.25) is 0 Å². The Kier molecular flexibility index (Phi) is 5.62. The molecule has 0 aliphatic heterocycles. The quantitative estimate of drug-likeness (QED) is 0.617. The summed E-state index contributed by atoms with van der Waals surface area (Å²) in [7, 11) is 1.63. The lowest BCUT2D eigenvalue weighted by atomic mass is 10.1. The number of nitrogens with zero attached hydrogens (tertiary/aromatic N) is 3. The molecule has 1 amide bonds. The van der Waals surface area contributed by atoms with Gasteiger partial charge >= 0.3 is 0 Å². The zero-order chi connectivity index (χ0) is 17.0.